The molecule has 0 aromatic heterocycles. The molecule has 0 aliphatic carbocycles. The molecule has 0 amide bonds. The highest BCUT2D eigenvalue weighted by Gasteiger charge is 2.41. The van der Waals surface area contributed by atoms with Crippen molar-refractivity contribution < 1.29 is 4.74 Å². The van der Waals surface area contributed by atoms with Crippen molar-refractivity contribution in [2.24, 2.45) is 11.8 Å². The molecular weight excluding hydrogens is 298 g/mol. The number of likely N-dealkylation sites (tertiary alicyclic amines) is 2. The van der Waals surface area contributed by atoms with Crippen molar-refractivity contribution in [1.29, 1.82) is 5.26 Å². The van der Waals surface area contributed by atoms with Gasteiger partial charge in [-0.2, -0.15) is 5.26 Å². The fraction of sp³-hybridized carbons (Fsp3) is 0.650. The monoisotopic (exact) mass is 325 g/mol. The number of piperidine rings is 1. The fourth-order valence-corrected chi connectivity index (χ4v) is 4.65. The van der Waals surface area contributed by atoms with Crippen LogP contribution in [0.4, 0.5) is 0 Å². The van der Waals surface area contributed by atoms with Crippen LogP contribution in [0.5, 0.6) is 0 Å². The minimum absolute atomic E-state index is 0.418. The molecule has 0 bridgehead atoms. The Kier molecular flexibility index (Phi) is 4.84. The summed E-state index contributed by atoms with van der Waals surface area (Å²) in [7, 11) is 0. The quantitative estimate of drug-likeness (QED) is 0.853. The second-order valence-corrected chi connectivity index (χ2v) is 7.64. The van der Waals surface area contributed by atoms with Crippen molar-refractivity contribution in [2.75, 3.05) is 39.3 Å². The van der Waals surface area contributed by atoms with Crippen LogP contribution < -0.4 is 0 Å². The molecule has 0 saturated carbocycles. The Morgan fingerprint density at radius 2 is 2.04 bits per heavy atom. The van der Waals surface area contributed by atoms with E-state index in [0.717, 1.165) is 44.3 Å². The fourth-order valence-electron chi connectivity index (χ4n) is 4.65. The van der Waals surface area contributed by atoms with Gasteiger partial charge in [-0.25, -0.2) is 0 Å². The van der Waals surface area contributed by atoms with Crippen molar-refractivity contribution in [2.45, 2.75) is 31.9 Å². The second-order valence-electron chi connectivity index (χ2n) is 7.64. The van der Waals surface area contributed by atoms with E-state index in [1.165, 1.54) is 37.9 Å². The molecule has 3 aliphatic rings. The van der Waals surface area contributed by atoms with Crippen molar-refractivity contribution in [3.63, 3.8) is 0 Å². The number of benzene rings is 1. The van der Waals surface area contributed by atoms with E-state index in [1.807, 2.05) is 18.2 Å². The maximum absolute atomic E-state index is 9.08. The number of rotatable bonds is 4. The first kappa shape index (κ1) is 16.1. The number of nitriles is 1. The SMILES string of the molecule is N#Cc1cccc(CN2CC[C@H]3CO[C@H](CN4CCCC4)[C@H]3C2)c1. The first-order valence-electron chi connectivity index (χ1n) is 9.37. The zero-order valence-corrected chi connectivity index (χ0v) is 14.4. The molecule has 24 heavy (non-hydrogen) atoms. The highest BCUT2D eigenvalue weighted by Crippen LogP contribution is 2.35. The van der Waals surface area contributed by atoms with E-state index in [9.17, 15) is 0 Å². The van der Waals surface area contributed by atoms with Crippen LogP contribution in [0.25, 0.3) is 0 Å². The molecule has 1 aromatic rings. The van der Waals surface area contributed by atoms with Gasteiger partial charge < -0.3 is 9.64 Å². The molecular formula is C20H27N3O. The molecule has 3 saturated heterocycles. The van der Waals surface area contributed by atoms with Gasteiger partial charge in [0.15, 0.2) is 0 Å². The smallest absolute Gasteiger partial charge is 0.0991 e. The number of nitrogens with zero attached hydrogens (tertiary/aromatic N) is 3. The summed E-state index contributed by atoms with van der Waals surface area (Å²) in [4.78, 5) is 5.14. The van der Waals surface area contributed by atoms with E-state index in [0.29, 0.717) is 12.0 Å². The third-order valence-corrected chi connectivity index (χ3v) is 5.99. The Bertz CT molecular complexity index is 605. The molecule has 4 nitrogen and oxygen atoms in total. The molecule has 3 atom stereocenters. The van der Waals surface area contributed by atoms with E-state index in [-0.39, 0.29) is 0 Å². The number of ether oxygens (including phenoxy) is 1. The van der Waals surface area contributed by atoms with Gasteiger partial charge in [0.1, 0.15) is 0 Å². The van der Waals surface area contributed by atoms with E-state index in [4.69, 9.17) is 10.00 Å². The highest BCUT2D eigenvalue weighted by atomic mass is 16.5. The van der Waals surface area contributed by atoms with Crippen LogP contribution in [0.3, 0.4) is 0 Å². The van der Waals surface area contributed by atoms with Gasteiger partial charge in [-0.1, -0.05) is 12.1 Å². The summed E-state index contributed by atoms with van der Waals surface area (Å²) in [5.41, 5.74) is 2.01. The summed E-state index contributed by atoms with van der Waals surface area (Å²) in [5.74, 6) is 1.43. The third-order valence-electron chi connectivity index (χ3n) is 5.99. The van der Waals surface area contributed by atoms with Crippen molar-refractivity contribution in [1.82, 2.24) is 9.80 Å². The van der Waals surface area contributed by atoms with Gasteiger partial charge in [-0.3, -0.25) is 4.90 Å². The van der Waals surface area contributed by atoms with Gasteiger partial charge in [0.2, 0.25) is 0 Å². The number of hydrogen-bond acceptors (Lipinski definition) is 4. The highest BCUT2D eigenvalue weighted by molar-refractivity contribution is 5.32. The van der Waals surface area contributed by atoms with Gasteiger partial charge >= 0.3 is 0 Å². The predicted octanol–water partition coefficient (Wildman–Crippen LogP) is 2.49. The normalized spacial score (nSPS) is 31.0. The minimum atomic E-state index is 0.418. The lowest BCUT2D eigenvalue weighted by Gasteiger charge is -2.36. The summed E-state index contributed by atoms with van der Waals surface area (Å²) in [5, 5.41) is 9.08. The van der Waals surface area contributed by atoms with Gasteiger partial charge in [0.25, 0.3) is 0 Å². The molecule has 1 aromatic carbocycles. The van der Waals surface area contributed by atoms with Crippen LogP contribution in [0.1, 0.15) is 30.4 Å². The van der Waals surface area contributed by atoms with Crippen LogP contribution in [0.2, 0.25) is 0 Å². The zero-order valence-electron chi connectivity index (χ0n) is 14.4. The van der Waals surface area contributed by atoms with Crippen LogP contribution in [0, 0.1) is 23.2 Å². The van der Waals surface area contributed by atoms with Crippen LogP contribution in [-0.4, -0.2) is 55.2 Å². The van der Waals surface area contributed by atoms with Crippen molar-refractivity contribution >= 4 is 0 Å². The summed E-state index contributed by atoms with van der Waals surface area (Å²) < 4.78 is 6.19. The topological polar surface area (TPSA) is 39.5 Å². The zero-order chi connectivity index (χ0) is 16.4. The Hall–Kier alpha value is -1.41. The van der Waals surface area contributed by atoms with Crippen LogP contribution in [0.15, 0.2) is 24.3 Å². The molecule has 3 aliphatic heterocycles. The Morgan fingerprint density at radius 3 is 2.88 bits per heavy atom. The summed E-state index contributed by atoms with van der Waals surface area (Å²) in [6.45, 7) is 7.83. The second kappa shape index (κ2) is 7.23. The standard InChI is InChI=1S/C20H27N3O/c21-11-16-4-3-5-17(10-16)12-23-9-6-18-15-24-20(19(18)13-23)14-22-7-1-2-8-22/h3-5,10,18-20H,1-2,6-9,12-15H2/t18-,19-,20+/m0/s1. The molecule has 0 unspecified atom stereocenters. The van der Waals surface area contributed by atoms with E-state index in [2.05, 4.69) is 21.9 Å². The van der Waals surface area contributed by atoms with E-state index < -0.39 is 0 Å². The lowest BCUT2D eigenvalue weighted by molar-refractivity contribution is 0.0484. The molecule has 3 heterocycles. The Balaban J connectivity index is 1.37. The summed E-state index contributed by atoms with van der Waals surface area (Å²) in [6.07, 6.45) is 4.37. The largest absolute Gasteiger partial charge is 0.376 e. The molecule has 4 rings (SSSR count). The first-order chi connectivity index (χ1) is 11.8. The van der Waals surface area contributed by atoms with E-state index in [1.54, 1.807) is 0 Å². The number of hydrogen-bond donors (Lipinski definition) is 0. The maximum Gasteiger partial charge on any atom is 0.0991 e. The predicted molar refractivity (Wildman–Crippen MR) is 93.4 cm³/mol. The molecule has 0 radical (unpaired) electrons. The van der Waals surface area contributed by atoms with Crippen LogP contribution in [-0.2, 0) is 11.3 Å². The molecule has 0 spiro atoms. The van der Waals surface area contributed by atoms with E-state index >= 15 is 0 Å². The number of fused-ring (bicyclic) bond motifs is 1. The first-order valence-corrected chi connectivity index (χ1v) is 9.37. The van der Waals surface area contributed by atoms with Gasteiger partial charge in [-0.05, 0) is 62.5 Å². The lowest BCUT2D eigenvalue weighted by Crippen LogP contribution is -2.44. The van der Waals surface area contributed by atoms with Gasteiger partial charge in [0.05, 0.1) is 24.3 Å². The summed E-state index contributed by atoms with van der Waals surface area (Å²) in [6, 6.07) is 10.3. The maximum atomic E-state index is 9.08. The average Bonchev–Trinajstić information content (AvgIpc) is 3.26. The Labute approximate surface area is 145 Å². The summed E-state index contributed by atoms with van der Waals surface area (Å²) >= 11 is 0. The molecule has 128 valence electrons. The Morgan fingerprint density at radius 1 is 1.17 bits per heavy atom. The molecule has 0 N–H and O–H groups in total. The third kappa shape index (κ3) is 3.49. The van der Waals surface area contributed by atoms with Gasteiger partial charge in [-0.15, -0.1) is 0 Å². The average molecular weight is 325 g/mol. The molecule has 4 heteroatoms. The van der Waals surface area contributed by atoms with Crippen LogP contribution >= 0.6 is 0 Å². The van der Waals surface area contributed by atoms with Crippen molar-refractivity contribution in [3.05, 3.63) is 35.4 Å². The molecule has 3 fully saturated rings. The minimum Gasteiger partial charge on any atom is -0.376 e. The van der Waals surface area contributed by atoms with Crippen molar-refractivity contribution in [3.8, 4) is 6.07 Å². The lowest BCUT2D eigenvalue weighted by atomic mass is 9.84. The van der Waals surface area contributed by atoms with Gasteiger partial charge in [0, 0.05) is 25.6 Å².